The van der Waals surface area contributed by atoms with Crippen molar-refractivity contribution < 1.29 is 77.3 Å². The van der Waals surface area contributed by atoms with Crippen LogP contribution in [0.5, 0.6) is 0 Å². The summed E-state index contributed by atoms with van der Waals surface area (Å²) in [6.07, 6.45) is 4.69. The number of nitrogens with two attached hydrogens (primary N) is 5. The maximum Gasteiger partial charge on any atom is 0.305 e. The van der Waals surface area contributed by atoms with Gasteiger partial charge in [-0.1, -0.05) is 91.9 Å². The molecule has 496 valence electrons. The van der Waals surface area contributed by atoms with E-state index >= 15 is 0 Å². The zero-order valence-corrected chi connectivity index (χ0v) is 51.5. The molecule has 2 aliphatic heterocycles. The smallest absolute Gasteiger partial charge is 0.305 e. The summed E-state index contributed by atoms with van der Waals surface area (Å²) in [5, 5.41) is 40.6. The molecule has 88 heavy (non-hydrogen) atoms. The van der Waals surface area contributed by atoms with E-state index in [0.717, 1.165) is 68.7 Å². The molecule has 2 fully saturated rings. The molecule has 2 rings (SSSR count). The van der Waals surface area contributed by atoms with E-state index in [9.17, 15) is 77.3 Å². The van der Waals surface area contributed by atoms with E-state index in [2.05, 4.69) is 54.5 Å². The number of hydrogen-bond donors (Lipinski definition) is 15. The Bertz CT molecular complexity index is 2480. The van der Waals surface area contributed by atoms with Gasteiger partial charge in [0, 0.05) is 26.6 Å². The van der Waals surface area contributed by atoms with E-state index in [1.54, 1.807) is 6.92 Å². The molecule has 0 spiro atoms. The molecule has 20 N–H and O–H groups in total. The Morgan fingerprint density at radius 1 is 0.602 bits per heavy atom. The number of carbonyl (C=O) groups is 14. The van der Waals surface area contributed by atoms with Crippen LogP contribution in [-0.4, -0.2) is 196 Å². The van der Waals surface area contributed by atoms with Crippen LogP contribution in [0.2, 0.25) is 0 Å². The predicted octanol–water partition coefficient (Wildman–Crippen LogP) is -4.14. The second-order valence-electron chi connectivity index (χ2n) is 23.0. The fourth-order valence-corrected chi connectivity index (χ4v) is 10.2. The zero-order chi connectivity index (χ0) is 66.4. The highest BCUT2D eigenvalue weighted by Gasteiger charge is 2.44. The first-order chi connectivity index (χ1) is 41.4. The van der Waals surface area contributed by atoms with Crippen LogP contribution >= 0.6 is 0 Å². The third kappa shape index (κ3) is 26.8. The standard InChI is InChI=1S/C56H96N16O16/c1-7-8-9-10-11-12-13-14-15-16-19-31(4)45-46(79)53(86)69-44(30(2)3)52(85)64-32(5)47(80)67-36(27-43(77)78)50(83)68-35(26-40(58)74)49(82)66-33(22-23-39(57)73)48(81)63-29-42(76)65-34(20-17-24-62-56(60)61)54(87)71(6)38(28-41(59)75)55(88)72-25-18-21-37(72)51(84)70-45/h30-38,44-46,79H,7-29H2,1-6H3,(H2,57,73)(H2,58,74)(H2,59,75)(H,63,81)(H,64,85)(H,65,76)(H,66,82)(H,67,80)(H,68,83)(H,69,86)(H,70,84)(H,77,78)(H4,60,61,62). The van der Waals surface area contributed by atoms with Crippen molar-refractivity contribution in [1.29, 1.82) is 0 Å². The Kier molecular flexibility index (Phi) is 33.5. The number of aliphatic imine (C=N–C) groups is 1. The summed E-state index contributed by atoms with van der Waals surface area (Å²) in [6.45, 7) is 7.04. The number of rotatable bonds is 26. The summed E-state index contributed by atoms with van der Waals surface area (Å²) in [4.78, 5) is 196. The van der Waals surface area contributed by atoms with Gasteiger partial charge in [-0.3, -0.25) is 72.1 Å². The molecule has 0 bridgehead atoms. The highest BCUT2D eigenvalue weighted by Crippen LogP contribution is 2.24. The normalized spacial score (nSPS) is 25.0. The first-order valence-electron chi connectivity index (χ1n) is 30.2. The number of aliphatic hydroxyl groups is 1. The maximum atomic E-state index is 14.8. The Morgan fingerprint density at radius 3 is 1.73 bits per heavy atom. The second kappa shape index (κ2) is 38.9. The third-order valence-corrected chi connectivity index (χ3v) is 15.2. The minimum absolute atomic E-state index is 0.0261. The Hall–Kier alpha value is -8.19. The number of likely N-dealkylation sites (N-methyl/N-ethyl adjacent to an activating group) is 1. The number of carboxylic acid groups (broad SMARTS) is 1. The van der Waals surface area contributed by atoms with Crippen molar-refractivity contribution in [1.82, 2.24) is 52.3 Å². The van der Waals surface area contributed by atoms with Crippen LogP contribution < -0.4 is 71.2 Å². The summed E-state index contributed by atoms with van der Waals surface area (Å²) in [6, 6.07) is -14.7. The lowest BCUT2D eigenvalue weighted by atomic mass is 9.90. The number of unbranched alkanes of at least 4 members (excludes halogenated alkanes) is 9. The van der Waals surface area contributed by atoms with Crippen LogP contribution in [0, 0.1) is 11.8 Å². The van der Waals surface area contributed by atoms with Crippen molar-refractivity contribution in [2.24, 2.45) is 45.5 Å². The Labute approximate surface area is 512 Å². The molecule has 2 saturated heterocycles. The lowest BCUT2D eigenvalue weighted by Crippen LogP contribution is -2.62. The number of carbonyl (C=O) groups excluding carboxylic acids is 13. The number of fused-ring (bicyclic) bond motifs is 1. The van der Waals surface area contributed by atoms with Crippen molar-refractivity contribution in [2.75, 3.05) is 26.7 Å². The number of aliphatic carboxylic acids is 1. The summed E-state index contributed by atoms with van der Waals surface area (Å²) >= 11 is 0. The fourth-order valence-electron chi connectivity index (χ4n) is 10.2. The van der Waals surface area contributed by atoms with Gasteiger partial charge in [-0.25, -0.2) is 0 Å². The van der Waals surface area contributed by atoms with Gasteiger partial charge in [0.2, 0.25) is 70.9 Å². The SMILES string of the molecule is CCCCCCCCCCCCC(C)C1NC(=O)C2CCCN2C(=O)C(CC(N)=O)N(C)C(=O)C(CCCN=C(N)N)NC(=O)CNC(=O)C(CCC(N)=O)NC(=O)C(CC(N)=O)NC(=O)C(CC(=O)O)NC(=O)C(C)NC(=O)C(C(C)C)NC(=O)C1O. The van der Waals surface area contributed by atoms with Gasteiger partial charge in [-0.2, -0.15) is 0 Å². The quantitative estimate of drug-likeness (QED) is 0.0222. The first kappa shape index (κ1) is 75.9. The molecule has 32 heteroatoms. The van der Waals surface area contributed by atoms with Crippen molar-refractivity contribution in [3.05, 3.63) is 0 Å². The average molecular weight is 1250 g/mol. The van der Waals surface area contributed by atoms with Crippen molar-refractivity contribution in [2.45, 2.75) is 224 Å². The summed E-state index contributed by atoms with van der Waals surface area (Å²) < 4.78 is 0. The molecular formula is C56H96N16O16. The van der Waals surface area contributed by atoms with Crippen LogP contribution in [0.1, 0.15) is 163 Å². The topological polar surface area (TPSA) is 525 Å². The van der Waals surface area contributed by atoms with Gasteiger partial charge in [0.15, 0.2) is 12.1 Å². The number of carboxylic acids is 1. The van der Waals surface area contributed by atoms with Crippen LogP contribution in [0.3, 0.4) is 0 Å². The van der Waals surface area contributed by atoms with Crippen molar-refractivity contribution >= 4 is 88.7 Å². The summed E-state index contributed by atoms with van der Waals surface area (Å²) in [5.41, 5.74) is 27.4. The molecule has 2 aliphatic rings. The van der Waals surface area contributed by atoms with Gasteiger partial charge < -0.3 is 91.2 Å². The number of nitrogens with zero attached hydrogens (tertiary/aromatic N) is 3. The van der Waals surface area contributed by atoms with Gasteiger partial charge in [-0.05, 0) is 57.3 Å². The van der Waals surface area contributed by atoms with E-state index in [1.165, 1.54) is 26.7 Å². The zero-order valence-electron chi connectivity index (χ0n) is 51.5. The molecule has 0 radical (unpaired) electrons. The van der Waals surface area contributed by atoms with Crippen molar-refractivity contribution in [3.63, 3.8) is 0 Å². The number of amides is 13. The molecule has 2 heterocycles. The monoisotopic (exact) mass is 1250 g/mol. The van der Waals surface area contributed by atoms with Gasteiger partial charge >= 0.3 is 5.97 Å². The second-order valence-corrected chi connectivity index (χ2v) is 23.0. The molecule has 32 nitrogen and oxygen atoms in total. The number of nitrogens with one attached hydrogen (secondary N) is 8. The van der Waals surface area contributed by atoms with Gasteiger partial charge in [0.1, 0.15) is 48.3 Å². The maximum absolute atomic E-state index is 14.8. The summed E-state index contributed by atoms with van der Waals surface area (Å²) in [5.74, 6) is -17.3. The Morgan fingerprint density at radius 2 is 1.17 bits per heavy atom. The van der Waals surface area contributed by atoms with Gasteiger partial charge in [0.25, 0.3) is 5.91 Å². The van der Waals surface area contributed by atoms with Crippen molar-refractivity contribution in [3.8, 4) is 0 Å². The lowest BCUT2D eigenvalue weighted by Gasteiger charge is -2.36. The minimum Gasteiger partial charge on any atom is -0.481 e. The molecule has 11 atom stereocenters. The highest BCUT2D eigenvalue weighted by molar-refractivity contribution is 6.00. The number of aliphatic hydroxyl groups excluding tert-OH is 1. The summed E-state index contributed by atoms with van der Waals surface area (Å²) in [7, 11) is 1.16. The van der Waals surface area contributed by atoms with Gasteiger partial charge in [-0.15, -0.1) is 0 Å². The number of primary amides is 3. The van der Waals surface area contributed by atoms with Gasteiger partial charge in [0.05, 0.1) is 31.8 Å². The molecule has 0 aromatic heterocycles. The fraction of sp³-hybridized carbons (Fsp3) is 0.732. The minimum atomic E-state index is -2.04. The largest absolute Gasteiger partial charge is 0.481 e. The molecule has 13 amide bonds. The highest BCUT2D eigenvalue weighted by atomic mass is 16.4. The average Bonchev–Trinajstić information content (AvgIpc) is 3.46. The third-order valence-electron chi connectivity index (χ3n) is 15.2. The van der Waals surface area contributed by atoms with E-state index in [4.69, 9.17) is 28.7 Å². The molecule has 0 aromatic carbocycles. The molecular weight excluding hydrogens is 1150 g/mol. The van der Waals surface area contributed by atoms with E-state index in [1.807, 2.05) is 0 Å². The Balaban J connectivity index is 2.80. The van der Waals surface area contributed by atoms with E-state index < -0.39 is 194 Å². The molecule has 0 aliphatic carbocycles. The number of guanidine groups is 1. The van der Waals surface area contributed by atoms with Crippen LogP contribution in [0.25, 0.3) is 0 Å². The van der Waals surface area contributed by atoms with Crippen LogP contribution in [0.4, 0.5) is 0 Å². The van der Waals surface area contributed by atoms with E-state index in [-0.39, 0.29) is 44.7 Å². The van der Waals surface area contributed by atoms with E-state index in [0.29, 0.717) is 12.8 Å². The molecule has 0 saturated carbocycles. The van der Waals surface area contributed by atoms with Crippen LogP contribution in [0.15, 0.2) is 4.99 Å². The molecule has 11 unspecified atom stereocenters. The lowest BCUT2D eigenvalue weighted by molar-refractivity contribution is -0.150. The first-order valence-corrected chi connectivity index (χ1v) is 30.2. The van der Waals surface area contributed by atoms with Crippen LogP contribution in [-0.2, 0) is 67.1 Å². The predicted molar refractivity (Wildman–Crippen MR) is 318 cm³/mol. The molecule has 0 aromatic rings. The number of hydrogen-bond acceptors (Lipinski definition) is 16.